The van der Waals surface area contributed by atoms with Crippen molar-refractivity contribution in [3.05, 3.63) is 52.2 Å². The first-order valence-corrected chi connectivity index (χ1v) is 7.23. The van der Waals surface area contributed by atoms with E-state index in [1.807, 2.05) is 29.8 Å². The summed E-state index contributed by atoms with van der Waals surface area (Å²) in [7, 11) is 0. The topological polar surface area (TPSA) is 38.1 Å². The smallest absolute Gasteiger partial charge is 0.134 e. The Morgan fingerprint density at radius 1 is 1.37 bits per heavy atom. The Balaban J connectivity index is 1.81. The number of aryl methyl sites for hydroxylation is 1. The highest BCUT2D eigenvalue weighted by Crippen LogP contribution is 2.29. The first-order valence-electron chi connectivity index (χ1n) is 6.35. The zero-order valence-corrected chi connectivity index (χ0v) is 11.8. The molecular formula is C15H16N2OS. The molecule has 0 aliphatic heterocycles. The van der Waals surface area contributed by atoms with E-state index in [0.29, 0.717) is 0 Å². The third-order valence-electron chi connectivity index (χ3n) is 3.32. The third kappa shape index (κ3) is 2.41. The first kappa shape index (κ1) is 12.4. The van der Waals surface area contributed by atoms with Crippen molar-refractivity contribution in [2.24, 2.45) is 0 Å². The van der Waals surface area contributed by atoms with Crippen LogP contribution in [0.5, 0.6) is 0 Å². The minimum Gasteiger partial charge on any atom is -0.459 e. The number of aromatic nitrogens is 1. The summed E-state index contributed by atoms with van der Waals surface area (Å²) in [5.41, 5.74) is 2.17. The number of furan rings is 1. The molecule has 0 fully saturated rings. The summed E-state index contributed by atoms with van der Waals surface area (Å²) in [6.07, 6.45) is 1.83. The summed E-state index contributed by atoms with van der Waals surface area (Å²) >= 11 is 1.67. The molecule has 0 amide bonds. The van der Waals surface area contributed by atoms with Gasteiger partial charge in [-0.3, -0.25) is 0 Å². The highest BCUT2D eigenvalue weighted by Gasteiger charge is 2.16. The van der Waals surface area contributed by atoms with Crippen LogP contribution in [0.15, 0.2) is 40.3 Å². The third-order valence-corrected chi connectivity index (χ3v) is 4.10. The number of hydrogen-bond acceptors (Lipinski definition) is 4. The van der Waals surface area contributed by atoms with Crippen molar-refractivity contribution in [2.75, 3.05) is 0 Å². The summed E-state index contributed by atoms with van der Waals surface area (Å²) in [5, 5.41) is 7.74. The Bertz CT molecular complexity index is 673. The van der Waals surface area contributed by atoms with Crippen molar-refractivity contribution >= 4 is 22.3 Å². The average Bonchev–Trinajstić information content (AvgIpc) is 3.05. The van der Waals surface area contributed by atoms with Crippen molar-refractivity contribution in [2.45, 2.75) is 26.4 Å². The van der Waals surface area contributed by atoms with Crippen LogP contribution in [-0.2, 0) is 6.54 Å². The Morgan fingerprint density at radius 2 is 2.21 bits per heavy atom. The van der Waals surface area contributed by atoms with Gasteiger partial charge in [-0.15, -0.1) is 11.3 Å². The minimum absolute atomic E-state index is 0.177. The van der Waals surface area contributed by atoms with Crippen LogP contribution >= 0.6 is 11.3 Å². The molecule has 0 bridgehead atoms. The summed E-state index contributed by atoms with van der Waals surface area (Å²) in [4.78, 5) is 4.27. The molecule has 0 saturated carbocycles. The Labute approximate surface area is 116 Å². The molecule has 2 aromatic heterocycles. The zero-order chi connectivity index (χ0) is 13.2. The van der Waals surface area contributed by atoms with Crippen molar-refractivity contribution in [1.29, 1.82) is 0 Å². The maximum atomic E-state index is 5.95. The van der Waals surface area contributed by atoms with E-state index >= 15 is 0 Å². The summed E-state index contributed by atoms with van der Waals surface area (Å²) in [6.45, 7) is 5.01. The second-order valence-electron chi connectivity index (χ2n) is 4.62. The maximum Gasteiger partial charge on any atom is 0.134 e. The van der Waals surface area contributed by atoms with Crippen LogP contribution in [0, 0.1) is 6.92 Å². The number of nitrogens with one attached hydrogen (secondary N) is 1. The molecule has 1 N–H and O–H groups in total. The second kappa shape index (κ2) is 5.15. The van der Waals surface area contributed by atoms with Gasteiger partial charge in [-0.2, -0.15) is 0 Å². The van der Waals surface area contributed by atoms with Gasteiger partial charge in [0.2, 0.25) is 0 Å². The van der Waals surface area contributed by atoms with E-state index in [0.717, 1.165) is 22.9 Å². The number of rotatable bonds is 4. The monoisotopic (exact) mass is 272 g/mol. The molecular weight excluding hydrogens is 256 g/mol. The molecule has 0 saturated heterocycles. The number of benzene rings is 1. The van der Waals surface area contributed by atoms with E-state index in [2.05, 4.69) is 30.2 Å². The van der Waals surface area contributed by atoms with Gasteiger partial charge in [-0.1, -0.05) is 18.2 Å². The molecule has 19 heavy (non-hydrogen) atoms. The fourth-order valence-electron chi connectivity index (χ4n) is 2.28. The van der Waals surface area contributed by atoms with Crippen LogP contribution in [0.3, 0.4) is 0 Å². The highest BCUT2D eigenvalue weighted by molar-refractivity contribution is 7.09. The lowest BCUT2D eigenvalue weighted by Gasteiger charge is -2.11. The predicted molar refractivity (Wildman–Crippen MR) is 78.3 cm³/mol. The molecule has 0 aliphatic carbocycles. The van der Waals surface area contributed by atoms with Crippen molar-refractivity contribution < 1.29 is 4.42 Å². The predicted octanol–water partition coefficient (Wildman–Crippen LogP) is 4.05. The van der Waals surface area contributed by atoms with Crippen LogP contribution < -0.4 is 5.32 Å². The molecule has 3 nitrogen and oxygen atoms in total. The fourth-order valence-corrected chi connectivity index (χ4v) is 2.85. The van der Waals surface area contributed by atoms with E-state index in [1.54, 1.807) is 11.3 Å². The lowest BCUT2D eigenvalue weighted by molar-refractivity contribution is 0.447. The molecule has 98 valence electrons. The highest BCUT2D eigenvalue weighted by atomic mass is 32.1. The van der Waals surface area contributed by atoms with Crippen LogP contribution in [0.2, 0.25) is 0 Å². The van der Waals surface area contributed by atoms with Gasteiger partial charge in [-0.25, -0.2) is 4.98 Å². The summed E-state index contributed by atoms with van der Waals surface area (Å²) in [5.74, 6) is 1.01. The number of hydrogen-bond donors (Lipinski definition) is 1. The van der Waals surface area contributed by atoms with Gasteiger partial charge in [-0.05, 0) is 25.5 Å². The Morgan fingerprint density at radius 3 is 2.95 bits per heavy atom. The minimum atomic E-state index is 0.177. The SMILES string of the molecule is Cc1c(C(C)NCc2nccs2)oc2ccccc12. The number of thiazole rings is 1. The van der Waals surface area contributed by atoms with E-state index in [9.17, 15) is 0 Å². The Hall–Kier alpha value is -1.65. The number of nitrogens with zero attached hydrogens (tertiary/aromatic N) is 1. The molecule has 1 aromatic carbocycles. The standard InChI is InChI=1S/C15H16N2OS/c1-10-12-5-3-4-6-13(12)18-15(10)11(2)17-9-14-16-7-8-19-14/h3-8,11,17H,9H2,1-2H3. The van der Waals surface area contributed by atoms with Crippen molar-refractivity contribution in [3.8, 4) is 0 Å². The Kier molecular flexibility index (Phi) is 3.36. The van der Waals surface area contributed by atoms with E-state index in [-0.39, 0.29) is 6.04 Å². The van der Waals surface area contributed by atoms with Crippen LogP contribution in [-0.4, -0.2) is 4.98 Å². The fraction of sp³-hybridized carbons (Fsp3) is 0.267. The van der Waals surface area contributed by atoms with Crippen LogP contribution in [0.4, 0.5) is 0 Å². The molecule has 2 heterocycles. The molecule has 0 radical (unpaired) electrons. The largest absolute Gasteiger partial charge is 0.459 e. The lowest BCUT2D eigenvalue weighted by Crippen LogP contribution is -2.18. The summed E-state index contributed by atoms with van der Waals surface area (Å²) in [6, 6.07) is 8.34. The molecule has 0 aliphatic rings. The van der Waals surface area contributed by atoms with Gasteiger partial charge in [0.25, 0.3) is 0 Å². The summed E-state index contributed by atoms with van der Waals surface area (Å²) < 4.78 is 5.95. The van der Waals surface area contributed by atoms with Gasteiger partial charge in [0, 0.05) is 23.5 Å². The first-order chi connectivity index (χ1) is 9.25. The molecule has 3 rings (SSSR count). The molecule has 1 atom stereocenters. The molecule has 0 spiro atoms. The van der Waals surface area contributed by atoms with Crippen LogP contribution in [0.25, 0.3) is 11.0 Å². The van der Waals surface area contributed by atoms with Gasteiger partial charge in [0.1, 0.15) is 16.4 Å². The number of para-hydroxylation sites is 1. The van der Waals surface area contributed by atoms with Gasteiger partial charge in [0.15, 0.2) is 0 Å². The van der Waals surface area contributed by atoms with Crippen molar-refractivity contribution in [1.82, 2.24) is 10.3 Å². The lowest BCUT2D eigenvalue weighted by atomic mass is 10.1. The second-order valence-corrected chi connectivity index (χ2v) is 5.60. The van der Waals surface area contributed by atoms with E-state index in [1.165, 1.54) is 10.9 Å². The van der Waals surface area contributed by atoms with Gasteiger partial charge >= 0.3 is 0 Å². The van der Waals surface area contributed by atoms with Gasteiger partial charge < -0.3 is 9.73 Å². The maximum absolute atomic E-state index is 5.95. The number of fused-ring (bicyclic) bond motifs is 1. The molecule has 1 unspecified atom stereocenters. The van der Waals surface area contributed by atoms with Gasteiger partial charge in [0.05, 0.1) is 6.04 Å². The molecule has 3 aromatic rings. The van der Waals surface area contributed by atoms with E-state index < -0.39 is 0 Å². The van der Waals surface area contributed by atoms with Crippen LogP contribution in [0.1, 0.15) is 29.3 Å². The zero-order valence-electron chi connectivity index (χ0n) is 11.0. The molecule has 4 heteroatoms. The van der Waals surface area contributed by atoms with E-state index in [4.69, 9.17) is 4.42 Å². The average molecular weight is 272 g/mol. The normalized spacial score (nSPS) is 12.9. The quantitative estimate of drug-likeness (QED) is 0.778. The van der Waals surface area contributed by atoms with Crippen molar-refractivity contribution in [3.63, 3.8) is 0 Å².